The van der Waals surface area contributed by atoms with Gasteiger partial charge in [-0.3, -0.25) is 0 Å². The SMILES string of the molecule is Cc1ccc(F)c(C(N)C(C)S(C)(=O)=O)c1F. The molecule has 1 rings (SSSR count). The highest BCUT2D eigenvalue weighted by Gasteiger charge is 2.29. The molecule has 0 amide bonds. The molecule has 0 saturated carbocycles. The quantitative estimate of drug-likeness (QED) is 0.903. The number of rotatable bonds is 3. The van der Waals surface area contributed by atoms with Crippen molar-refractivity contribution in [2.45, 2.75) is 25.1 Å². The van der Waals surface area contributed by atoms with E-state index in [4.69, 9.17) is 5.73 Å². The van der Waals surface area contributed by atoms with E-state index in [-0.39, 0.29) is 11.1 Å². The van der Waals surface area contributed by atoms with E-state index in [9.17, 15) is 17.2 Å². The predicted molar refractivity (Wildman–Crippen MR) is 62.3 cm³/mol. The molecule has 0 aliphatic rings. The van der Waals surface area contributed by atoms with Crippen molar-refractivity contribution in [2.75, 3.05) is 6.26 Å². The van der Waals surface area contributed by atoms with Gasteiger partial charge in [0.15, 0.2) is 9.84 Å². The third kappa shape index (κ3) is 2.81. The highest BCUT2D eigenvalue weighted by molar-refractivity contribution is 7.91. The second-order valence-corrected chi connectivity index (χ2v) is 6.55. The molecule has 6 heteroatoms. The largest absolute Gasteiger partial charge is 0.323 e. The molecule has 0 aromatic heterocycles. The van der Waals surface area contributed by atoms with Gasteiger partial charge in [0.05, 0.1) is 11.3 Å². The average Bonchev–Trinajstić information content (AvgIpc) is 2.21. The summed E-state index contributed by atoms with van der Waals surface area (Å²) in [7, 11) is -3.45. The first kappa shape index (κ1) is 14.1. The molecule has 17 heavy (non-hydrogen) atoms. The molecule has 0 fully saturated rings. The van der Waals surface area contributed by atoms with Gasteiger partial charge in [0.1, 0.15) is 11.6 Å². The lowest BCUT2D eigenvalue weighted by atomic mass is 10.0. The summed E-state index contributed by atoms with van der Waals surface area (Å²) in [6.45, 7) is 2.80. The Hall–Kier alpha value is -1.01. The van der Waals surface area contributed by atoms with Gasteiger partial charge < -0.3 is 5.73 Å². The Bertz CT molecular complexity index is 529. The van der Waals surface area contributed by atoms with Gasteiger partial charge in [-0.05, 0) is 25.5 Å². The zero-order valence-electron chi connectivity index (χ0n) is 9.87. The monoisotopic (exact) mass is 263 g/mol. The molecule has 1 aromatic carbocycles. The fourth-order valence-electron chi connectivity index (χ4n) is 1.48. The second kappa shape index (κ2) is 4.70. The first-order valence-corrected chi connectivity index (χ1v) is 7.00. The zero-order chi connectivity index (χ0) is 13.4. The van der Waals surface area contributed by atoms with E-state index in [2.05, 4.69) is 0 Å². The lowest BCUT2D eigenvalue weighted by molar-refractivity contribution is 0.508. The highest BCUT2D eigenvalue weighted by atomic mass is 32.2. The molecular formula is C11H15F2NO2S. The van der Waals surface area contributed by atoms with Gasteiger partial charge in [0.25, 0.3) is 0 Å². The number of aryl methyl sites for hydroxylation is 1. The summed E-state index contributed by atoms with van der Waals surface area (Å²) in [6.07, 6.45) is 0.989. The van der Waals surface area contributed by atoms with Crippen molar-refractivity contribution in [1.29, 1.82) is 0 Å². The maximum absolute atomic E-state index is 13.7. The summed E-state index contributed by atoms with van der Waals surface area (Å²) in [6, 6.07) is 1.15. The normalized spacial score (nSPS) is 15.6. The fourth-order valence-corrected chi connectivity index (χ4v) is 2.15. The Morgan fingerprint density at radius 3 is 2.29 bits per heavy atom. The van der Waals surface area contributed by atoms with Crippen LogP contribution in [0, 0.1) is 18.6 Å². The van der Waals surface area contributed by atoms with Crippen LogP contribution in [0.5, 0.6) is 0 Å². The zero-order valence-corrected chi connectivity index (χ0v) is 10.7. The molecule has 0 aliphatic carbocycles. The van der Waals surface area contributed by atoms with E-state index < -0.39 is 32.8 Å². The molecule has 96 valence electrons. The van der Waals surface area contributed by atoms with Crippen molar-refractivity contribution in [3.8, 4) is 0 Å². The standard InChI is InChI=1S/C11H15F2NO2S/c1-6-4-5-8(12)9(10(6)13)11(14)7(2)17(3,15)16/h4-5,7,11H,14H2,1-3H3. The van der Waals surface area contributed by atoms with Crippen LogP contribution in [0.4, 0.5) is 8.78 Å². The number of nitrogens with two attached hydrogens (primary N) is 1. The maximum Gasteiger partial charge on any atom is 0.151 e. The van der Waals surface area contributed by atoms with Crippen LogP contribution < -0.4 is 5.73 Å². The molecule has 3 nitrogen and oxygen atoms in total. The Kier molecular flexibility index (Phi) is 3.88. The Balaban J connectivity index is 3.31. The van der Waals surface area contributed by atoms with Gasteiger partial charge in [0.2, 0.25) is 0 Å². The van der Waals surface area contributed by atoms with Crippen molar-refractivity contribution in [2.24, 2.45) is 5.73 Å². The fraction of sp³-hybridized carbons (Fsp3) is 0.455. The van der Waals surface area contributed by atoms with Crippen LogP contribution >= 0.6 is 0 Å². The lowest BCUT2D eigenvalue weighted by Gasteiger charge is -2.20. The van der Waals surface area contributed by atoms with Crippen LogP contribution in [0.3, 0.4) is 0 Å². The van der Waals surface area contributed by atoms with E-state index in [0.29, 0.717) is 0 Å². The Labute approximate surface area is 99.6 Å². The summed E-state index contributed by atoms with van der Waals surface area (Å²) >= 11 is 0. The number of benzene rings is 1. The summed E-state index contributed by atoms with van der Waals surface area (Å²) in [5, 5.41) is -1.05. The smallest absolute Gasteiger partial charge is 0.151 e. The third-order valence-corrected chi connectivity index (χ3v) is 4.48. The molecule has 0 heterocycles. The predicted octanol–water partition coefficient (Wildman–Crippen LogP) is 1.71. The van der Waals surface area contributed by atoms with Gasteiger partial charge in [-0.15, -0.1) is 0 Å². The number of hydrogen-bond acceptors (Lipinski definition) is 3. The molecule has 0 spiro atoms. The average molecular weight is 263 g/mol. The minimum Gasteiger partial charge on any atom is -0.323 e. The third-order valence-electron chi connectivity index (χ3n) is 2.83. The molecule has 0 radical (unpaired) electrons. The Morgan fingerprint density at radius 2 is 1.82 bits per heavy atom. The van der Waals surface area contributed by atoms with Gasteiger partial charge >= 0.3 is 0 Å². The van der Waals surface area contributed by atoms with Crippen LogP contribution in [-0.4, -0.2) is 19.9 Å². The minimum absolute atomic E-state index is 0.234. The van der Waals surface area contributed by atoms with Crippen LogP contribution in [0.2, 0.25) is 0 Å². The topological polar surface area (TPSA) is 60.2 Å². The van der Waals surface area contributed by atoms with Crippen LogP contribution in [0.1, 0.15) is 24.1 Å². The maximum atomic E-state index is 13.7. The van der Waals surface area contributed by atoms with E-state index >= 15 is 0 Å². The summed E-state index contributed by atoms with van der Waals surface area (Å²) in [5.74, 6) is -1.61. The van der Waals surface area contributed by atoms with Gasteiger partial charge in [-0.2, -0.15) is 0 Å². The van der Waals surface area contributed by atoms with Crippen molar-refractivity contribution in [3.05, 3.63) is 34.9 Å². The van der Waals surface area contributed by atoms with E-state index in [1.54, 1.807) is 0 Å². The summed E-state index contributed by atoms with van der Waals surface area (Å²) in [5.41, 5.74) is 5.50. The Morgan fingerprint density at radius 1 is 1.29 bits per heavy atom. The molecular weight excluding hydrogens is 248 g/mol. The molecule has 2 N–H and O–H groups in total. The highest BCUT2D eigenvalue weighted by Crippen LogP contribution is 2.26. The summed E-state index contributed by atoms with van der Waals surface area (Å²) in [4.78, 5) is 0. The van der Waals surface area contributed by atoms with Gasteiger partial charge in [-0.25, -0.2) is 17.2 Å². The van der Waals surface area contributed by atoms with Crippen molar-refractivity contribution < 1.29 is 17.2 Å². The van der Waals surface area contributed by atoms with Crippen LogP contribution in [0.25, 0.3) is 0 Å². The first-order chi connectivity index (χ1) is 7.66. The van der Waals surface area contributed by atoms with Gasteiger partial charge in [-0.1, -0.05) is 6.07 Å². The molecule has 0 bridgehead atoms. The van der Waals surface area contributed by atoms with E-state index in [1.165, 1.54) is 19.9 Å². The summed E-state index contributed by atoms with van der Waals surface area (Å²) < 4.78 is 49.9. The number of halogens is 2. The number of sulfone groups is 1. The molecule has 2 atom stereocenters. The molecule has 1 aromatic rings. The molecule has 0 saturated heterocycles. The minimum atomic E-state index is -3.45. The van der Waals surface area contributed by atoms with Gasteiger partial charge in [0, 0.05) is 11.8 Å². The second-order valence-electron chi connectivity index (χ2n) is 4.15. The lowest BCUT2D eigenvalue weighted by Crippen LogP contribution is -2.32. The first-order valence-electron chi connectivity index (χ1n) is 5.05. The van der Waals surface area contributed by atoms with E-state index in [1.807, 2.05) is 0 Å². The van der Waals surface area contributed by atoms with Crippen molar-refractivity contribution >= 4 is 9.84 Å². The van der Waals surface area contributed by atoms with Crippen LogP contribution in [0.15, 0.2) is 12.1 Å². The van der Waals surface area contributed by atoms with Crippen LogP contribution in [-0.2, 0) is 9.84 Å². The van der Waals surface area contributed by atoms with Crippen molar-refractivity contribution in [1.82, 2.24) is 0 Å². The number of hydrogen-bond donors (Lipinski definition) is 1. The molecule has 2 unspecified atom stereocenters. The molecule has 0 aliphatic heterocycles. The van der Waals surface area contributed by atoms with Crippen molar-refractivity contribution in [3.63, 3.8) is 0 Å². The van der Waals surface area contributed by atoms with E-state index in [0.717, 1.165) is 12.3 Å².